The largest absolute Gasteiger partial charge is 0.454 e. The smallest absolute Gasteiger partial charge is 0.238 e. The van der Waals surface area contributed by atoms with Crippen LogP contribution < -0.4 is 14.8 Å². The van der Waals surface area contributed by atoms with Crippen molar-refractivity contribution in [3.63, 3.8) is 0 Å². The summed E-state index contributed by atoms with van der Waals surface area (Å²) in [7, 11) is -3.38. The number of hydrogen-bond acceptors (Lipinski definition) is 5. The van der Waals surface area contributed by atoms with Gasteiger partial charge in [-0.05, 0) is 30.5 Å². The molecule has 1 atom stereocenters. The summed E-state index contributed by atoms with van der Waals surface area (Å²) in [6, 6.07) is 4.85. The number of carbonyl (C=O) groups excluding carboxylic acids is 1. The van der Waals surface area contributed by atoms with E-state index < -0.39 is 16.1 Å². The second kappa shape index (κ2) is 6.37. The van der Waals surface area contributed by atoms with E-state index in [-0.39, 0.29) is 12.7 Å². The second-order valence-corrected chi connectivity index (χ2v) is 7.73. The summed E-state index contributed by atoms with van der Waals surface area (Å²) < 4.78 is 35.5. The first-order chi connectivity index (χ1) is 10.9. The fourth-order valence-corrected chi connectivity index (χ4v) is 4.05. The summed E-state index contributed by atoms with van der Waals surface area (Å²) in [6.45, 7) is 0.932. The number of ether oxygens (including phenoxy) is 2. The monoisotopic (exact) mass is 340 g/mol. The molecule has 2 heterocycles. The molecule has 0 bridgehead atoms. The number of nitrogens with one attached hydrogen (secondary N) is 1. The topological polar surface area (TPSA) is 84.9 Å². The van der Waals surface area contributed by atoms with Gasteiger partial charge >= 0.3 is 0 Å². The molecular weight excluding hydrogens is 320 g/mol. The normalized spacial score (nSPS) is 21.2. The van der Waals surface area contributed by atoms with Crippen molar-refractivity contribution < 1.29 is 22.7 Å². The molecule has 1 saturated heterocycles. The first-order valence-electron chi connectivity index (χ1n) is 7.58. The molecule has 1 unspecified atom stereocenters. The zero-order valence-corrected chi connectivity index (χ0v) is 13.8. The van der Waals surface area contributed by atoms with Gasteiger partial charge in [-0.2, -0.15) is 4.31 Å². The van der Waals surface area contributed by atoms with Crippen LogP contribution >= 0.6 is 0 Å². The Bertz CT molecular complexity index is 704. The Morgan fingerprint density at radius 3 is 2.87 bits per heavy atom. The van der Waals surface area contributed by atoms with Crippen LogP contribution in [0, 0.1) is 0 Å². The standard InChI is InChI=1S/C15H20N2O5S/c1-23(19,20)17-7-3-2-4-12(17)15(18)16-9-11-5-6-13-14(8-11)22-10-21-13/h5-6,8,12H,2-4,7,9-10H2,1H3,(H,16,18). The number of hydrogen-bond donors (Lipinski definition) is 1. The van der Waals surface area contributed by atoms with Crippen LogP contribution in [-0.2, 0) is 21.4 Å². The van der Waals surface area contributed by atoms with E-state index in [1.807, 2.05) is 12.1 Å². The second-order valence-electron chi connectivity index (χ2n) is 5.79. The summed E-state index contributed by atoms with van der Waals surface area (Å²) in [4.78, 5) is 12.4. The SMILES string of the molecule is CS(=O)(=O)N1CCCCC1C(=O)NCc1ccc2c(c1)OCO2. The number of rotatable bonds is 4. The molecule has 1 fully saturated rings. The van der Waals surface area contributed by atoms with E-state index in [1.54, 1.807) is 6.07 Å². The summed E-state index contributed by atoms with van der Waals surface area (Å²) >= 11 is 0. The van der Waals surface area contributed by atoms with Crippen molar-refractivity contribution in [1.82, 2.24) is 9.62 Å². The Hall–Kier alpha value is -1.80. The molecule has 7 nitrogen and oxygen atoms in total. The van der Waals surface area contributed by atoms with E-state index >= 15 is 0 Å². The molecule has 126 valence electrons. The minimum atomic E-state index is -3.38. The predicted molar refractivity (Wildman–Crippen MR) is 83.6 cm³/mol. The Labute approximate surface area is 135 Å². The quantitative estimate of drug-likeness (QED) is 0.878. The minimum Gasteiger partial charge on any atom is -0.454 e. The molecular formula is C15H20N2O5S. The lowest BCUT2D eigenvalue weighted by Crippen LogP contribution is -2.51. The molecule has 0 saturated carbocycles. The van der Waals surface area contributed by atoms with Gasteiger partial charge in [0.1, 0.15) is 6.04 Å². The molecule has 8 heteroatoms. The van der Waals surface area contributed by atoms with Crippen molar-refractivity contribution >= 4 is 15.9 Å². The highest BCUT2D eigenvalue weighted by Gasteiger charge is 2.34. The minimum absolute atomic E-state index is 0.205. The lowest BCUT2D eigenvalue weighted by Gasteiger charge is -2.32. The van der Waals surface area contributed by atoms with Crippen LogP contribution in [-0.4, -0.2) is 44.3 Å². The van der Waals surface area contributed by atoms with Gasteiger partial charge in [-0.3, -0.25) is 4.79 Å². The van der Waals surface area contributed by atoms with Gasteiger partial charge in [0.05, 0.1) is 6.26 Å². The van der Waals surface area contributed by atoms with Gasteiger partial charge in [0.2, 0.25) is 22.7 Å². The van der Waals surface area contributed by atoms with Crippen LogP contribution in [0.3, 0.4) is 0 Å². The number of piperidine rings is 1. The maximum Gasteiger partial charge on any atom is 0.238 e. The zero-order chi connectivity index (χ0) is 16.4. The Kier molecular flexibility index (Phi) is 4.45. The van der Waals surface area contributed by atoms with Crippen LogP contribution in [0.1, 0.15) is 24.8 Å². The molecule has 1 aromatic carbocycles. The van der Waals surface area contributed by atoms with Crippen molar-refractivity contribution in [1.29, 1.82) is 0 Å². The average Bonchev–Trinajstić information content (AvgIpc) is 2.99. The summed E-state index contributed by atoms with van der Waals surface area (Å²) in [6.07, 6.45) is 3.35. The number of fused-ring (bicyclic) bond motifs is 1. The van der Waals surface area contributed by atoms with Gasteiger partial charge in [0.25, 0.3) is 0 Å². The van der Waals surface area contributed by atoms with Crippen molar-refractivity contribution in [2.24, 2.45) is 0 Å². The number of benzene rings is 1. The molecule has 1 N–H and O–H groups in total. The highest BCUT2D eigenvalue weighted by atomic mass is 32.2. The summed E-state index contributed by atoms with van der Waals surface area (Å²) in [5.74, 6) is 1.09. The zero-order valence-electron chi connectivity index (χ0n) is 12.9. The molecule has 0 aliphatic carbocycles. The first kappa shape index (κ1) is 16.1. The number of amides is 1. The van der Waals surface area contributed by atoms with Crippen LogP contribution in [0.4, 0.5) is 0 Å². The molecule has 0 aromatic heterocycles. The molecule has 0 spiro atoms. The third-order valence-corrected chi connectivity index (χ3v) is 5.38. The van der Waals surface area contributed by atoms with Crippen LogP contribution in [0.15, 0.2) is 18.2 Å². The number of carbonyl (C=O) groups is 1. The van der Waals surface area contributed by atoms with E-state index in [0.29, 0.717) is 31.0 Å². The molecule has 0 radical (unpaired) electrons. The summed E-state index contributed by atoms with van der Waals surface area (Å²) in [5.41, 5.74) is 0.879. The lowest BCUT2D eigenvalue weighted by molar-refractivity contribution is -0.125. The molecule has 1 aromatic rings. The van der Waals surface area contributed by atoms with Crippen LogP contribution in [0.25, 0.3) is 0 Å². The van der Waals surface area contributed by atoms with Gasteiger partial charge in [0, 0.05) is 13.1 Å². The van der Waals surface area contributed by atoms with Crippen LogP contribution in [0.2, 0.25) is 0 Å². The Morgan fingerprint density at radius 2 is 2.09 bits per heavy atom. The molecule has 2 aliphatic rings. The van der Waals surface area contributed by atoms with E-state index in [0.717, 1.165) is 24.7 Å². The lowest BCUT2D eigenvalue weighted by atomic mass is 10.0. The molecule has 23 heavy (non-hydrogen) atoms. The molecule has 1 amide bonds. The van der Waals surface area contributed by atoms with Gasteiger partial charge in [-0.25, -0.2) is 8.42 Å². The van der Waals surface area contributed by atoms with Gasteiger partial charge < -0.3 is 14.8 Å². The number of nitrogens with zero attached hydrogens (tertiary/aromatic N) is 1. The highest BCUT2D eigenvalue weighted by molar-refractivity contribution is 7.88. The van der Waals surface area contributed by atoms with E-state index in [4.69, 9.17) is 9.47 Å². The Balaban J connectivity index is 1.64. The molecule has 2 aliphatic heterocycles. The van der Waals surface area contributed by atoms with Gasteiger partial charge in [-0.1, -0.05) is 12.5 Å². The first-order valence-corrected chi connectivity index (χ1v) is 9.43. The van der Waals surface area contributed by atoms with Gasteiger partial charge in [0.15, 0.2) is 11.5 Å². The van der Waals surface area contributed by atoms with Crippen molar-refractivity contribution in [2.45, 2.75) is 31.8 Å². The average molecular weight is 340 g/mol. The summed E-state index contributed by atoms with van der Waals surface area (Å²) in [5, 5.41) is 2.82. The van der Waals surface area contributed by atoms with Gasteiger partial charge in [-0.15, -0.1) is 0 Å². The maximum absolute atomic E-state index is 12.4. The highest BCUT2D eigenvalue weighted by Crippen LogP contribution is 2.32. The maximum atomic E-state index is 12.4. The fourth-order valence-electron chi connectivity index (χ4n) is 2.92. The fraction of sp³-hybridized carbons (Fsp3) is 0.533. The van der Waals surface area contributed by atoms with Crippen LogP contribution in [0.5, 0.6) is 11.5 Å². The predicted octanol–water partition coefficient (Wildman–Crippen LogP) is 0.846. The third kappa shape index (κ3) is 3.59. The number of sulfonamides is 1. The molecule has 3 rings (SSSR count). The van der Waals surface area contributed by atoms with Crippen molar-refractivity contribution in [2.75, 3.05) is 19.6 Å². The van der Waals surface area contributed by atoms with Crippen molar-refractivity contribution in [3.8, 4) is 11.5 Å². The Morgan fingerprint density at radius 1 is 1.30 bits per heavy atom. The third-order valence-electron chi connectivity index (χ3n) is 4.09. The van der Waals surface area contributed by atoms with E-state index in [9.17, 15) is 13.2 Å². The van der Waals surface area contributed by atoms with E-state index in [1.165, 1.54) is 4.31 Å². The van der Waals surface area contributed by atoms with Crippen molar-refractivity contribution in [3.05, 3.63) is 23.8 Å². The van der Waals surface area contributed by atoms with E-state index in [2.05, 4.69) is 5.32 Å².